The van der Waals surface area contributed by atoms with Gasteiger partial charge in [-0.2, -0.15) is 8.78 Å². The van der Waals surface area contributed by atoms with E-state index in [1.807, 2.05) is 30.3 Å². The van der Waals surface area contributed by atoms with Crippen LogP contribution in [0.3, 0.4) is 0 Å². The van der Waals surface area contributed by atoms with Crippen molar-refractivity contribution in [3.63, 3.8) is 0 Å². The smallest absolute Gasteiger partial charge is 0.387 e. The molecule has 3 rings (SSSR count). The molecule has 5 nitrogen and oxygen atoms in total. The second-order valence-corrected chi connectivity index (χ2v) is 9.18. The average molecular weight is 510 g/mol. The van der Waals surface area contributed by atoms with E-state index in [9.17, 15) is 13.6 Å². The molecule has 0 unspecified atom stereocenters. The number of alkyl halides is 2. The molecule has 0 bridgehead atoms. The third kappa shape index (κ3) is 7.55. The summed E-state index contributed by atoms with van der Waals surface area (Å²) < 4.78 is 29.2. The monoisotopic (exact) mass is 509 g/mol. The summed E-state index contributed by atoms with van der Waals surface area (Å²) in [5, 5.41) is 0.627. The molecule has 1 aliphatic rings. The highest BCUT2D eigenvalue weighted by molar-refractivity contribution is 8.18. The standard InChI is InChI=1S/C25H29F2N3O2S.ClH/c1-17(2)29(18(3)4)14-15-30-23(31)22(33-25(30)28-20-8-6-5-7-9-20)16-19-10-12-21(13-11-19)32-24(26)27;/h5-13,16-18,24H,14-15H2,1-4H3;1H/b22-16+,28-25?;. The fourth-order valence-electron chi connectivity index (χ4n) is 3.63. The van der Waals surface area contributed by atoms with Crippen molar-refractivity contribution in [1.29, 1.82) is 0 Å². The van der Waals surface area contributed by atoms with Crippen LogP contribution in [-0.4, -0.2) is 52.7 Å². The minimum absolute atomic E-state index is 0. The van der Waals surface area contributed by atoms with E-state index >= 15 is 0 Å². The molecule has 34 heavy (non-hydrogen) atoms. The summed E-state index contributed by atoms with van der Waals surface area (Å²) in [6, 6.07) is 16.5. The number of halogens is 3. The molecule has 1 amide bonds. The lowest BCUT2D eigenvalue weighted by molar-refractivity contribution is -0.122. The van der Waals surface area contributed by atoms with Crippen molar-refractivity contribution in [2.75, 3.05) is 13.1 Å². The Kier molecular flexibility index (Phi) is 10.5. The third-order valence-corrected chi connectivity index (χ3v) is 6.19. The Morgan fingerprint density at radius 2 is 1.65 bits per heavy atom. The molecule has 1 aliphatic heterocycles. The average Bonchev–Trinajstić information content (AvgIpc) is 3.04. The number of hydrogen-bond acceptors (Lipinski definition) is 5. The summed E-state index contributed by atoms with van der Waals surface area (Å²) >= 11 is 1.32. The van der Waals surface area contributed by atoms with Gasteiger partial charge in [-0.3, -0.25) is 14.6 Å². The summed E-state index contributed by atoms with van der Waals surface area (Å²) in [5.41, 5.74) is 1.50. The number of hydrogen-bond donors (Lipinski definition) is 0. The minimum Gasteiger partial charge on any atom is -0.435 e. The molecule has 184 valence electrons. The number of thioether (sulfide) groups is 1. The maximum absolute atomic E-state index is 13.3. The fourth-order valence-corrected chi connectivity index (χ4v) is 4.65. The minimum atomic E-state index is -2.87. The molecule has 0 radical (unpaired) electrons. The predicted octanol–water partition coefficient (Wildman–Crippen LogP) is 6.43. The second-order valence-electron chi connectivity index (χ2n) is 8.17. The van der Waals surface area contributed by atoms with E-state index in [1.165, 1.54) is 23.9 Å². The Morgan fingerprint density at radius 1 is 1.03 bits per heavy atom. The van der Waals surface area contributed by atoms with Gasteiger partial charge in [-0.25, -0.2) is 4.99 Å². The number of carbonyl (C=O) groups excluding carboxylic acids is 1. The van der Waals surface area contributed by atoms with Gasteiger partial charge in [0, 0.05) is 25.2 Å². The number of ether oxygens (including phenoxy) is 1. The molecule has 0 aliphatic carbocycles. The van der Waals surface area contributed by atoms with Crippen LogP contribution in [0.25, 0.3) is 6.08 Å². The van der Waals surface area contributed by atoms with Gasteiger partial charge in [-0.05, 0) is 75.4 Å². The van der Waals surface area contributed by atoms with E-state index in [0.29, 0.717) is 28.7 Å². The van der Waals surface area contributed by atoms with Gasteiger partial charge in [0.05, 0.1) is 10.6 Å². The van der Waals surface area contributed by atoms with Gasteiger partial charge < -0.3 is 4.74 Å². The first-order chi connectivity index (χ1) is 15.7. The van der Waals surface area contributed by atoms with Crippen molar-refractivity contribution < 1.29 is 18.3 Å². The first-order valence-electron chi connectivity index (χ1n) is 10.9. The van der Waals surface area contributed by atoms with Gasteiger partial charge in [0.25, 0.3) is 5.91 Å². The van der Waals surface area contributed by atoms with Crippen LogP contribution < -0.4 is 4.74 Å². The molecular weight excluding hydrogens is 480 g/mol. The van der Waals surface area contributed by atoms with Gasteiger partial charge in [0.15, 0.2) is 5.17 Å². The topological polar surface area (TPSA) is 45.1 Å². The van der Waals surface area contributed by atoms with Crippen molar-refractivity contribution >= 4 is 47.0 Å². The molecule has 2 aromatic rings. The fraction of sp³-hybridized carbons (Fsp3) is 0.360. The van der Waals surface area contributed by atoms with Crippen LogP contribution in [0.5, 0.6) is 5.75 Å². The molecule has 0 atom stereocenters. The molecule has 9 heteroatoms. The Morgan fingerprint density at radius 3 is 2.21 bits per heavy atom. The van der Waals surface area contributed by atoms with Gasteiger partial charge in [0.1, 0.15) is 5.75 Å². The quantitative estimate of drug-likeness (QED) is 0.365. The molecule has 2 aromatic carbocycles. The van der Waals surface area contributed by atoms with Crippen molar-refractivity contribution in [3.8, 4) is 5.75 Å². The summed E-state index contributed by atoms with van der Waals surface area (Å²) in [6.07, 6.45) is 1.75. The normalized spacial score (nSPS) is 16.4. The maximum Gasteiger partial charge on any atom is 0.387 e. The Labute approximate surface area is 210 Å². The highest BCUT2D eigenvalue weighted by Crippen LogP contribution is 2.34. The van der Waals surface area contributed by atoms with E-state index in [2.05, 4.69) is 37.3 Å². The van der Waals surface area contributed by atoms with E-state index in [-0.39, 0.29) is 24.1 Å². The summed E-state index contributed by atoms with van der Waals surface area (Å²) in [7, 11) is 0. The lowest BCUT2D eigenvalue weighted by Gasteiger charge is -2.31. The van der Waals surface area contributed by atoms with Crippen molar-refractivity contribution in [2.24, 2.45) is 4.99 Å². The summed E-state index contributed by atoms with van der Waals surface area (Å²) in [6.45, 7) is 6.95. The predicted molar refractivity (Wildman–Crippen MR) is 138 cm³/mol. The highest BCUT2D eigenvalue weighted by atomic mass is 35.5. The van der Waals surface area contributed by atoms with Crippen LogP contribution >= 0.6 is 24.2 Å². The number of rotatable bonds is 9. The van der Waals surface area contributed by atoms with E-state index in [1.54, 1.807) is 23.1 Å². The molecule has 0 spiro atoms. The number of nitrogens with zero attached hydrogens (tertiary/aromatic N) is 3. The lowest BCUT2D eigenvalue weighted by atomic mass is 10.2. The van der Waals surface area contributed by atoms with Gasteiger partial charge >= 0.3 is 6.61 Å². The zero-order valence-corrected chi connectivity index (χ0v) is 21.3. The number of amides is 1. The van der Waals surface area contributed by atoms with Crippen molar-refractivity contribution in [2.45, 2.75) is 46.4 Å². The van der Waals surface area contributed by atoms with Crippen LogP contribution in [0.1, 0.15) is 33.3 Å². The molecule has 1 fully saturated rings. The number of benzene rings is 2. The summed E-state index contributed by atoms with van der Waals surface area (Å²) in [4.78, 5) is 22.6. The highest BCUT2D eigenvalue weighted by Gasteiger charge is 2.34. The van der Waals surface area contributed by atoms with E-state index in [0.717, 1.165) is 17.8 Å². The number of amidine groups is 1. The van der Waals surface area contributed by atoms with Gasteiger partial charge in [-0.1, -0.05) is 30.3 Å². The third-order valence-electron chi connectivity index (χ3n) is 5.18. The molecule has 0 saturated carbocycles. The largest absolute Gasteiger partial charge is 0.435 e. The molecule has 0 aromatic heterocycles. The molecule has 1 saturated heterocycles. The van der Waals surface area contributed by atoms with Crippen LogP contribution in [0.2, 0.25) is 0 Å². The van der Waals surface area contributed by atoms with Gasteiger partial charge in [0.2, 0.25) is 0 Å². The van der Waals surface area contributed by atoms with E-state index < -0.39 is 6.61 Å². The number of carbonyl (C=O) groups is 1. The molecular formula is C25H30ClF2N3O2S. The van der Waals surface area contributed by atoms with Crippen LogP contribution in [0.4, 0.5) is 14.5 Å². The summed E-state index contributed by atoms with van der Waals surface area (Å²) in [5.74, 6) is -0.0389. The Hall–Kier alpha value is -2.42. The van der Waals surface area contributed by atoms with Crippen molar-refractivity contribution in [1.82, 2.24) is 9.80 Å². The van der Waals surface area contributed by atoms with E-state index in [4.69, 9.17) is 4.99 Å². The lowest BCUT2D eigenvalue weighted by Crippen LogP contribution is -2.43. The zero-order chi connectivity index (χ0) is 24.0. The number of para-hydroxylation sites is 1. The Balaban J connectivity index is 0.00000408. The van der Waals surface area contributed by atoms with Crippen LogP contribution in [0.15, 0.2) is 64.5 Å². The first kappa shape index (κ1) is 27.8. The van der Waals surface area contributed by atoms with Crippen LogP contribution in [0, 0.1) is 0 Å². The SMILES string of the molecule is CC(C)N(CCN1C(=O)/C(=C\c2ccc(OC(F)F)cc2)SC1=Nc1ccccc1)C(C)C.Cl. The number of aliphatic imine (C=N–C) groups is 1. The van der Waals surface area contributed by atoms with Crippen LogP contribution in [-0.2, 0) is 4.79 Å². The molecule has 1 heterocycles. The first-order valence-corrected chi connectivity index (χ1v) is 11.7. The molecule has 0 N–H and O–H groups in total. The second kappa shape index (κ2) is 12.9. The zero-order valence-electron chi connectivity index (χ0n) is 19.7. The van der Waals surface area contributed by atoms with Crippen molar-refractivity contribution in [3.05, 3.63) is 65.1 Å². The maximum atomic E-state index is 13.3. The van der Waals surface area contributed by atoms with Gasteiger partial charge in [-0.15, -0.1) is 12.4 Å². The Bertz CT molecular complexity index is 991.